The van der Waals surface area contributed by atoms with Gasteiger partial charge in [0.25, 0.3) is 5.56 Å². The van der Waals surface area contributed by atoms with Gasteiger partial charge in [0.1, 0.15) is 5.75 Å². The average Bonchev–Trinajstić information content (AvgIpc) is 2.51. The number of aromatic amines is 1. The molecule has 0 aliphatic carbocycles. The van der Waals surface area contributed by atoms with Crippen LogP contribution in [0.3, 0.4) is 0 Å². The van der Waals surface area contributed by atoms with Crippen LogP contribution in [0.1, 0.15) is 37.8 Å². The number of hydrogen-bond acceptors (Lipinski definition) is 5. The van der Waals surface area contributed by atoms with E-state index in [-0.39, 0.29) is 17.4 Å². The first-order chi connectivity index (χ1) is 11.0. The fraction of sp³-hybridized carbons (Fsp3) is 0.412. The molecule has 0 spiro atoms. The van der Waals surface area contributed by atoms with Gasteiger partial charge >= 0.3 is 0 Å². The van der Waals surface area contributed by atoms with Crippen LogP contribution in [-0.2, 0) is 6.42 Å². The molecular formula is C17H22N2O3S. The van der Waals surface area contributed by atoms with Crippen molar-refractivity contribution in [3.05, 3.63) is 45.7 Å². The molecule has 6 heteroatoms. The molecule has 1 heterocycles. The Morgan fingerprint density at radius 1 is 1.30 bits per heavy atom. The van der Waals surface area contributed by atoms with E-state index >= 15 is 0 Å². The highest BCUT2D eigenvalue weighted by molar-refractivity contribution is 7.99. The van der Waals surface area contributed by atoms with Crippen LogP contribution in [0.5, 0.6) is 11.6 Å². The molecule has 0 atom stereocenters. The van der Waals surface area contributed by atoms with E-state index in [4.69, 9.17) is 4.74 Å². The van der Waals surface area contributed by atoms with Gasteiger partial charge in [0.15, 0.2) is 5.16 Å². The van der Waals surface area contributed by atoms with Crippen molar-refractivity contribution in [3.63, 3.8) is 0 Å². The number of hydrogen-bond donors (Lipinski definition) is 2. The lowest BCUT2D eigenvalue weighted by atomic mass is 10.1. The van der Waals surface area contributed by atoms with E-state index in [0.717, 1.165) is 12.2 Å². The summed E-state index contributed by atoms with van der Waals surface area (Å²) in [5, 5.41) is 10.3. The fourth-order valence-electron chi connectivity index (χ4n) is 2.16. The molecule has 0 unspecified atom stereocenters. The number of nitrogens with one attached hydrogen (secondary N) is 1. The van der Waals surface area contributed by atoms with E-state index < -0.39 is 0 Å². The van der Waals surface area contributed by atoms with Crippen LogP contribution in [0.15, 0.2) is 34.2 Å². The molecule has 0 radical (unpaired) electrons. The summed E-state index contributed by atoms with van der Waals surface area (Å²) < 4.78 is 5.65. The van der Waals surface area contributed by atoms with E-state index in [1.807, 2.05) is 38.1 Å². The fourth-order valence-corrected chi connectivity index (χ4v) is 2.83. The van der Waals surface area contributed by atoms with Crippen molar-refractivity contribution < 1.29 is 9.84 Å². The largest absolute Gasteiger partial charge is 0.493 e. The minimum absolute atomic E-state index is 0.0697. The molecule has 0 saturated carbocycles. The Balaban J connectivity index is 1.87. The minimum atomic E-state index is -0.286. The zero-order chi connectivity index (χ0) is 16.8. The smallest absolute Gasteiger partial charge is 0.258 e. The maximum atomic E-state index is 11.9. The Bertz CT molecular complexity index is 696. The highest BCUT2D eigenvalue weighted by Gasteiger charge is 2.14. The number of nitrogens with zero attached hydrogens (tertiary/aromatic N) is 1. The molecule has 0 bridgehead atoms. The molecule has 0 fully saturated rings. The second kappa shape index (κ2) is 8.06. The Kier molecular flexibility index (Phi) is 6.10. The zero-order valence-electron chi connectivity index (χ0n) is 13.6. The highest BCUT2D eigenvalue weighted by atomic mass is 32.2. The maximum absolute atomic E-state index is 11.9. The van der Waals surface area contributed by atoms with Gasteiger partial charge in [0.05, 0.1) is 12.2 Å². The van der Waals surface area contributed by atoms with Crippen LogP contribution in [0.2, 0.25) is 0 Å². The number of H-pyrrole nitrogens is 1. The van der Waals surface area contributed by atoms with E-state index in [0.29, 0.717) is 23.1 Å². The lowest BCUT2D eigenvalue weighted by Crippen LogP contribution is -2.16. The minimum Gasteiger partial charge on any atom is -0.493 e. The molecule has 2 aromatic rings. The van der Waals surface area contributed by atoms with E-state index in [2.05, 4.69) is 16.9 Å². The number of aromatic nitrogens is 2. The summed E-state index contributed by atoms with van der Waals surface area (Å²) in [5.74, 6) is 1.18. The van der Waals surface area contributed by atoms with Crippen molar-refractivity contribution >= 4 is 11.8 Å². The van der Waals surface area contributed by atoms with Gasteiger partial charge in [-0.1, -0.05) is 44.7 Å². The number of aromatic hydroxyl groups is 1. The Morgan fingerprint density at radius 2 is 2.00 bits per heavy atom. The summed E-state index contributed by atoms with van der Waals surface area (Å²) in [5.41, 5.74) is 1.31. The molecule has 1 aromatic carbocycles. The van der Waals surface area contributed by atoms with Crippen molar-refractivity contribution in [3.8, 4) is 11.6 Å². The van der Waals surface area contributed by atoms with Gasteiger partial charge in [0.2, 0.25) is 5.88 Å². The first-order valence-corrected chi connectivity index (χ1v) is 8.67. The third-order valence-electron chi connectivity index (χ3n) is 3.41. The van der Waals surface area contributed by atoms with E-state index in [9.17, 15) is 9.90 Å². The van der Waals surface area contributed by atoms with Gasteiger partial charge in [0, 0.05) is 5.75 Å². The predicted molar refractivity (Wildman–Crippen MR) is 92.7 cm³/mol. The summed E-state index contributed by atoms with van der Waals surface area (Å²) in [4.78, 5) is 18.6. The Morgan fingerprint density at radius 3 is 2.57 bits per heavy atom. The average molecular weight is 334 g/mol. The van der Waals surface area contributed by atoms with Gasteiger partial charge in [-0.05, 0) is 30.0 Å². The number of ether oxygens (including phenoxy) is 1. The number of benzene rings is 1. The van der Waals surface area contributed by atoms with Crippen molar-refractivity contribution in [2.24, 2.45) is 0 Å². The lowest BCUT2D eigenvalue weighted by molar-refractivity contribution is 0.343. The molecule has 0 aliphatic rings. The second-order valence-electron chi connectivity index (χ2n) is 5.46. The predicted octanol–water partition coefficient (Wildman–Crippen LogP) is 3.33. The topological polar surface area (TPSA) is 75.2 Å². The molecule has 23 heavy (non-hydrogen) atoms. The van der Waals surface area contributed by atoms with Crippen molar-refractivity contribution in [1.82, 2.24) is 9.97 Å². The third kappa shape index (κ3) is 4.76. The lowest BCUT2D eigenvalue weighted by Gasteiger charge is -2.09. The Hall–Kier alpha value is -1.95. The molecule has 0 amide bonds. The normalized spacial score (nSPS) is 11.0. The SMILES string of the molecule is CCc1ccc(OCCSc2nc(O)c(C(C)C)c(=O)[nH]2)cc1. The molecule has 1 aromatic heterocycles. The number of thioether (sulfide) groups is 1. The highest BCUT2D eigenvalue weighted by Crippen LogP contribution is 2.22. The van der Waals surface area contributed by atoms with Gasteiger partial charge in [-0.3, -0.25) is 4.79 Å². The zero-order valence-corrected chi connectivity index (χ0v) is 14.4. The van der Waals surface area contributed by atoms with Crippen LogP contribution in [0.25, 0.3) is 0 Å². The van der Waals surface area contributed by atoms with E-state index in [1.165, 1.54) is 17.3 Å². The van der Waals surface area contributed by atoms with Crippen molar-refractivity contribution in [2.75, 3.05) is 12.4 Å². The standard InChI is InChI=1S/C17H22N2O3S/c1-4-12-5-7-13(8-6-12)22-9-10-23-17-18-15(20)14(11(2)3)16(21)19-17/h5-8,11H,4,9-10H2,1-3H3,(H2,18,19,20,21). The molecule has 0 saturated heterocycles. The molecule has 5 nitrogen and oxygen atoms in total. The van der Waals surface area contributed by atoms with Gasteiger partial charge in [-0.2, -0.15) is 4.98 Å². The second-order valence-corrected chi connectivity index (χ2v) is 6.54. The molecule has 2 rings (SSSR count). The van der Waals surface area contributed by atoms with Crippen LogP contribution in [0, 0.1) is 0 Å². The molecule has 124 valence electrons. The summed E-state index contributed by atoms with van der Waals surface area (Å²) in [6.45, 7) is 6.29. The summed E-state index contributed by atoms with van der Waals surface area (Å²) in [6, 6.07) is 7.99. The third-order valence-corrected chi connectivity index (χ3v) is 4.25. The summed E-state index contributed by atoms with van der Waals surface area (Å²) in [7, 11) is 0. The first-order valence-electron chi connectivity index (χ1n) is 7.69. The first kappa shape index (κ1) is 17.4. The monoisotopic (exact) mass is 334 g/mol. The molecule has 0 aliphatic heterocycles. The van der Waals surface area contributed by atoms with E-state index in [1.54, 1.807) is 0 Å². The van der Waals surface area contributed by atoms with Crippen LogP contribution >= 0.6 is 11.8 Å². The van der Waals surface area contributed by atoms with Crippen LogP contribution < -0.4 is 10.3 Å². The maximum Gasteiger partial charge on any atom is 0.258 e. The summed E-state index contributed by atoms with van der Waals surface area (Å²) in [6.07, 6.45) is 1.00. The van der Waals surface area contributed by atoms with Crippen LogP contribution in [0.4, 0.5) is 0 Å². The van der Waals surface area contributed by atoms with Crippen molar-refractivity contribution in [2.45, 2.75) is 38.3 Å². The Labute approximate surface area is 140 Å². The van der Waals surface area contributed by atoms with Crippen molar-refractivity contribution in [1.29, 1.82) is 0 Å². The quantitative estimate of drug-likeness (QED) is 0.461. The molecule has 2 N–H and O–H groups in total. The van der Waals surface area contributed by atoms with Gasteiger partial charge in [-0.15, -0.1) is 0 Å². The van der Waals surface area contributed by atoms with Crippen LogP contribution in [-0.4, -0.2) is 27.4 Å². The van der Waals surface area contributed by atoms with Gasteiger partial charge < -0.3 is 14.8 Å². The van der Waals surface area contributed by atoms with Gasteiger partial charge in [-0.25, -0.2) is 0 Å². The molecular weight excluding hydrogens is 312 g/mol. The number of rotatable bonds is 7. The number of aryl methyl sites for hydroxylation is 1. The summed E-state index contributed by atoms with van der Waals surface area (Å²) >= 11 is 1.34.